The van der Waals surface area contributed by atoms with Gasteiger partial charge in [0.25, 0.3) is 0 Å². The highest BCUT2D eigenvalue weighted by atomic mass is 79.9. The highest BCUT2D eigenvalue weighted by molar-refractivity contribution is 9.10. The monoisotopic (exact) mass is 469 g/mol. The summed E-state index contributed by atoms with van der Waals surface area (Å²) >= 11 is 3.75. The zero-order valence-corrected chi connectivity index (χ0v) is 19.1. The standard InChI is InChI=1S/C24H28BrN3O2/c1-18-9-10-19(22(25)14-18)15-27(17-21-7-4-13-30-21)16-20-6-3-8-23(24(20)29-2)28-12-5-11-26-28/h3,5-6,8-12,14,21H,4,7,13,15-17H2,1-2H3. The number of aromatic nitrogens is 2. The van der Waals surface area contributed by atoms with Gasteiger partial charge in [0.1, 0.15) is 11.4 Å². The first-order valence-corrected chi connectivity index (χ1v) is 11.2. The van der Waals surface area contributed by atoms with Crippen LogP contribution in [0.1, 0.15) is 29.5 Å². The molecule has 1 saturated heterocycles. The van der Waals surface area contributed by atoms with Crippen LogP contribution >= 0.6 is 15.9 Å². The Morgan fingerprint density at radius 3 is 2.77 bits per heavy atom. The number of halogens is 1. The summed E-state index contributed by atoms with van der Waals surface area (Å²) in [6.45, 7) is 5.50. The maximum atomic E-state index is 5.95. The van der Waals surface area contributed by atoms with Crippen molar-refractivity contribution in [2.45, 2.75) is 39.0 Å². The molecule has 1 fully saturated rings. The van der Waals surface area contributed by atoms with Gasteiger partial charge in [-0.1, -0.05) is 40.2 Å². The molecule has 0 N–H and O–H groups in total. The minimum Gasteiger partial charge on any atom is -0.494 e. The fraction of sp³-hybridized carbons (Fsp3) is 0.375. The first kappa shape index (κ1) is 21.1. The van der Waals surface area contributed by atoms with Crippen LogP contribution in [0.15, 0.2) is 59.3 Å². The Balaban J connectivity index is 1.61. The number of benzene rings is 2. The second-order valence-electron chi connectivity index (χ2n) is 7.82. The predicted octanol–water partition coefficient (Wildman–Crippen LogP) is 5.13. The van der Waals surface area contributed by atoms with E-state index in [0.717, 1.165) is 60.6 Å². The molecule has 1 aromatic heterocycles. The third-order valence-corrected chi connectivity index (χ3v) is 6.25. The van der Waals surface area contributed by atoms with Gasteiger partial charge in [-0.2, -0.15) is 5.10 Å². The minimum absolute atomic E-state index is 0.287. The Morgan fingerprint density at radius 2 is 2.07 bits per heavy atom. The van der Waals surface area contributed by atoms with E-state index in [4.69, 9.17) is 9.47 Å². The van der Waals surface area contributed by atoms with E-state index in [1.54, 1.807) is 13.3 Å². The van der Waals surface area contributed by atoms with Crippen LogP contribution in [-0.2, 0) is 17.8 Å². The fourth-order valence-electron chi connectivity index (χ4n) is 4.05. The molecular weight excluding hydrogens is 442 g/mol. The molecular formula is C24H28BrN3O2. The van der Waals surface area contributed by atoms with Crippen molar-refractivity contribution < 1.29 is 9.47 Å². The number of rotatable bonds is 8. The summed E-state index contributed by atoms with van der Waals surface area (Å²) in [7, 11) is 1.73. The van der Waals surface area contributed by atoms with Gasteiger partial charge in [0.05, 0.1) is 13.2 Å². The van der Waals surface area contributed by atoms with Gasteiger partial charge >= 0.3 is 0 Å². The molecule has 1 aliphatic heterocycles. The van der Waals surface area contributed by atoms with Crippen molar-refractivity contribution in [1.29, 1.82) is 0 Å². The normalized spacial score (nSPS) is 16.3. The van der Waals surface area contributed by atoms with Crippen molar-refractivity contribution in [3.05, 3.63) is 76.0 Å². The summed E-state index contributed by atoms with van der Waals surface area (Å²) < 4.78 is 14.8. The zero-order valence-electron chi connectivity index (χ0n) is 17.6. The molecule has 0 bridgehead atoms. The minimum atomic E-state index is 0.287. The zero-order chi connectivity index (χ0) is 20.9. The lowest BCUT2D eigenvalue weighted by Gasteiger charge is -2.27. The third kappa shape index (κ3) is 4.94. The van der Waals surface area contributed by atoms with Gasteiger partial charge in [-0.25, -0.2) is 4.68 Å². The molecule has 158 valence electrons. The van der Waals surface area contributed by atoms with Gasteiger partial charge in [0.15, 0.2) is 0 Å². The molecule has 0 spiro atoms. The Morgan fingerprint density at radius 1 is 1.20 bits per heavy atom. The molecule has 4 rings (SSSR count). The van der Waals surface area contributed by atoms with Crippen molar-refractivity contribution in [3.63, 3.8) is 0 Å². The fourth-order valence-corrected chi connectivity index (χ4v) is 4.67. The van der Waals surface area contributed by atoms with E-state index >= 15 is 0 Å². The largest absolute Gasteiger partial charge is 0.494 e. The summed E-state index contributed by atoms with van der Waals surface area (Å²) in [6, 6.07) is 14.7. The molecule has 1 aliphatic rings. The quantitative estimate of drug-likeness (QED) is 0.458. The van der Waals surface area contributed by atoms with Gasteiger partial charge in [0.2, 0.25) is 0 Å². The smallest absolute Gasteiger partial charge is 0.149 e. The lowest BCUT2D eigenvalue weighted by Crippen LogP contribution is -2.31. The number of hydrogen-bond acceptors (Lipinski definition) is 4. The van der Waals surface area contributed by atoms with Gasteiger partial charge in [0, 0.05) is 48.7 Å². The molecule has 2 heterocycles. The van der Waals surface area contributed by atoms with Crippen molar-refractivity contribution in [2.24, 2.45) is 0 Å². The van der Waals surface area contributed by atoms with Crippen molar-refractivity contribution in [2.75, 3.05) is 20.3 Å². The molecule has 0 saturated carbocycles. The number of para-hydroxylation sites is 1. The number of methoxy groups -OCH3 is 1. The van der Waals surface area contributed by atoms with Crippen LogP contribution in [0.2, 0.25) is 0 Å². The van der Waals surface area contributed by atoms with Crippen LogP contribution < -0.4 is 4.74 Å². The van der Waals surface area contributed by atoms with Crippen LogP contribution in [0.25, 0.3) is 5.69 Å². The van der Waals surface area contributed by atoms with E-state index in [1.807, 2.05) is 23.0 Å². The average molecular weight is 470 g/mol. The molecule has 6 heteroatoms. The first-order valence-electron chi connectivity index (χ1n) is 10.4. The lowest BCUT2D eigenvalue weighted by atomic mass is 10.1. The summed E-state index contributed by atoms with van der Waals surface area (Å²) in [4.78, 5) is 2.45. The predicted molar refractivity (Wildman–Crippen MR) is 122 cm³/mol. The SMILES string of the molecule is COc1c(CN(Cc2ccc(C)cc2Br)CC2CCCO2)cccc1-n1cccn1. The molecule has 0 aliphatic carbocycles. The number of hydrogen-bond donors (Lipinski definition) is 0. The van der Waals surface area contributed by atoms with E-state index in [1.165, 1.54) is 11.1 Å². The van der Waals surface area contributed by atoms with Crippen LogP contribution in [0.5, 0.6) is 5.75 Å². The maximum absolute atomic E-state index is 5.95. The van der Waals surface area contributed by atoms with Crippen LogP contribution in [0, 0.1) is 6.92 Å². The molecule has 1 atom stereocenters. The van der Waals surface area contributed by atoms with Crippen LogP contribution in [0.4, 0.5) is 0 Å². The van der Waals surface area contributed by atoms with E-state index in [0.29, 0.717) is 0 Å². The average Bonchev–Trinajstić information content (AvgIpc) is 3.44. The highest BCUT2D eigenvalue weighted by Gasteiger charge is 2.22. The molecule has 0 amide bonds. The number of aryl methyl sites for hydroxylation is 1. The number of ether oxygens (including phenoxy) is 2. The molecule has 0 radical (unpaired) electrons. The van der Waals surface area contributed by atoms with Gasteiger partial charge in [-0.3, -0.25) is 4.90 Å². The van der Waals surface area contributed by atoms with Crippen molar-refractivity contribution >= 4 is 15.9 Å². The summed E-state index contributed by atoms with van der Waals surface area (Å²) in [6.07, 6.45) is 6.27. The highest BCUT2D eigenvalue weighted by Crippen LogP contribution is 2.30. The van der Waals surface area contributed by atoms with Gasteiger partial charge in [-0.15, -0.1) is 0 Å². The second-order valence-corrected chi connectivity index (χ2v) is 8.67. The lowest BCUT2D eigenvalue weighted by molar-refractivity contribution is 0.0675. The molecule has 30 heavy (non-hydrogen) atoms. The van der Waals surface area contributed by atoms with Gasteiger partial charge in [-0.05, 0) is 49.1 Å². The van der Waals surface area contributed by atoms with E-state index in [-0.39, 0.29) is 6.10 Å². The van der Waals surface area contributed by atoms with E-state index in [9.17, 15) is 0 Å². The van der Waals surface area contributed by atoms with Crippen LogP contribution in [-0.4, -0.2) is 41.0 Å². The van der Waals surface area contributed by atoms with E-state index < -0.39 is 0 Å². The molecule has 5 nitrogen and oxygen atoms in total. The van der Waals surface area contributed by atoms with E-state index in [2.05, 4.69) is 63.2 Å². The summed E-state index contributed by atoms with van der Waals surface area (Å²) in [5, 5.41) is 4.38. The Hall–Kier alpha value is -2.15. The Kier molecular flexibility index (Phi) is 6.87. The molecule has 1 unspecified atom stereocenters. The second kappa shape index (κ2) is 9.77. The summed E-state index contributed by atoms with van der Waals surface area (Å²) in [5.41, 5.74) is 4.63. The van der Waals surface area contributed by atoms with Gasteiger partial charge < -0.3 is 9.47 Å². The Labute approximate surface area is 186 Å². The topological polar surface area (TPSA) is 39.5 Å². The molecule has 2 aromatic carbocycles. The molecule has 3 aromatic rings. The number of nitrogens with zero attached hydrogens (tertiary/aromatic N) is 3. The van der Waals surface area contributed by atoms with Crippen molar-refractivity contribution in [1.82, 2.24) is 14.7 Å². The van der Waals surface area contributed by atoms with Crippen LogP contribution in [0.3, 0.4) is 0 Å². The third-order valence-electron chi connectivity index (χ3n) is 5.51. The van der Waals surface area contributed by atoms with Crippen molar-refractivity contribution in [3.8, 4) is 11.4 Å². The first-order chi connectivity index (χ1) is 14.6. The Bertz CT molecular complexity index is 969. The summed E-state index contributed by atoms with van der Waals surface area (Å²) in [5.74, 6) is 0.863. The maximum Gasteiger partial charge on any atom is 0.149 e.